The Morgan fingerprint density at radius 1 is 1.60 bits per heavy atom. The molecule has 0 amide bonds. The standard InChI is InChI=1S/C9H9NO5/c1-15-5-6-2-3-7(9(11)12)8(4-6)10(13)14/h2-4H,5H2,1H3,(H,11,12). The Morgan fingerprint density at radius 2 is 2.27 bits per heavy atom. The van der Waals surface area contributed by atoms with Crippen molar-refractivity contribution in [3.63, 3.8) is 0 Å². The monoisotopic (exact) mass is 211 g/mol. The molecule has 0 saturated heterocycles. The molecule has 0 bridgehead atoms. The van der Waals surface area contributed by atoms with Gasteiger partial charge in [0.05, 0.1) is 11.5 Å². The van der Waals surface area contributed by atoms with Gasteiger partial charge >= 0.3 is 5.97 Å². The minimum Gasteiger partial charge on any atom is -0.477 e. The van der Waals surface area contributed by atoms with Crippen molar-refractivity contribution in [2.45, 2.75) is 6.61 Å². The third-order valence-electron chi connectivity index (χ3n) is 1.80. The lowest BCUT2D eigenvalue weighted by Gasteiger charge is -2.01. The lowest BCUT2D eigenvalue weighted by molar-refractivity contribution is -0.385. The van der Waals surface area contributed by atoms with Gasteiger partial charge in [-0.15, -0.1) is 0 Å². The highest BCUT2D eigenvalue weighted by Crippen LogP contribution is 2.20. The fraction of sp³-hybridized carbons (Fsp3) is 0.222. The van der Waals surface area contributed by atoms with E-state index in [4.69, 9.17) is 9.84 Å². The second-order valence-electron chi connectivity index (χ2n) is 2.85. The van der Waals surface area contributed by atoms with E-state index in [1.54, 1.807) is 0 Å². The first kappa shape index (κ1) is 11.1. The van der Waals surface area contributed by atoms with Crippen LogP contribution in [-0.4, -0.2) is 23.1 Å². The highest BCUT2D eigenvalue weighted by molar-refractivity contribution is 5.92. The van der Waals surface area contributed by atoms with E-state index in [2.05, 4.69) is 0 Å². The Bertz CT molecular complexity index is 401. The van der Waals surface area contributed by atoms with E-state index in [9.17, 15) is 14.9 Å². The maximum absolute atomic E-state index is 10.7. The van der Waals surface area contributed by atoms with Crippen molar-refractivity contribution in [3.8, 4) is 0 Å². The van der Waals surface area contributed by atoms with Crippen molar-refractivity contribution >= 4 is 11.7 Å². The van der Waals surface area contributed by atoms with Gasteiger partial charge in [-0.05, 0) is 11.6 Å². The number of benzene rings is 1. The summed E-state index contributed by atoms with van der Waals surface area (Å²) in [4.78, 5) is 20.5. The van der Waals surface area contributed by atoms with Crippen LogP contribution in [-0.2, 0) is 11.3 Å². The molecule has 0 fully saturated rings. The SMILES string of the molecule is COCc1ccc(C(=O)O)c([N+](=O)[O-])c1. The number of nitro groups is 1. The molecule has 0 aromatic heterocycles. The van der Waals surface area contributed by atoms with E-state index in [-0.39, 0.29) is 12.2 Å². The molecule has 1 aromatic rings. The number of carboxylic acid groups (broad SMARTS) is 1. The number of carboxylic acids is 1. The van der Waals surface area contributed by atoms with Crippen molar-refractivity contribution in [2.75, 3.05) is 7.11 Å². The van der Waals surface area contributed by atoms with Crippen LogP contribution in [0, 0.1) is 10.1 Å². The summed E-state index contributed by atoms with van der Waals surface area (Å²) in [6, 6.07) is 3.89. The molecule has 0 aliphatic heterocycles. The minimum absolute atomic E-state index is 0.209. The summed E-state index contributed by atoms with van der Waals surface area (Å²) in [6.45, 7) is 0.209. The van der Waals surface area contributed by atoms with Gasteiger partial charge in [0.1, 0.15) is 5.56 Å². The number of aromatic carboxylic acids is 1. The lowest BCUT2D eigenvalue weighted by atomic mass is 10.1. The predicted octanol–water partition coefficient (Wildman–Crippen LogP) is 1.44. The highest BCUT2D eigenvalue weighted by Gasteiger charge is 2.19. The highest BCUT2D eigenvalue weighted by atomic mass is 16.6. The topological polar surface area (TPSA) is 89.7 Å². The van der Waals surface area contributed by atoms with Crippen molar-refractivity contribution < 1.29 is 19.6 Å². The number of hydrogen-bond donors (Lipinski definition) is 1. The molecule has 0 saturated carbocycles. The molecule has 0 aliphatic rings. The predicted molar refractivity (Wildman–Crippen MR) is 50.8 cm³/mol. The van der Waals surface area contributed by atoms with Crippen LogP contribution in [0.3, 0.4) is 0 Å². The van der Waals surface area contributed by atoms with Crippen molar-refractivity contribution in [1.82, 2.24) is 0 Å². The number of nitro benzene ring substituents is 1. The molecule has 15 heavy (non-hydrogen) atoms. The Kier molecular flexibility index (Phi) is 3.35. The molecule has 0 heterocycles. The molecule has 6 nitrogen and oxygen atoms in total. The number of nitrogens with zero attached hydrogens (tertiary/aromatic N) is 1. The summed E-state index contributed by atoms with van der Waals surface area (Å²) in [5, 5.41) is 19.3. The summed E-state index contributed by atoms with van der Waals surface area (Å²) >= 11 is 0. The molecule has 0 atom stereocenters. The molecule has 0 spiro atoms. The third-order valence-corrected chi connectivity index (χ3v) is 1.80. The quantitative estimate of drug-likeness (QED) is 0.601. The van der Waals surface area contributed by atoms with Gasteiger partial charge in [-0.25, -0.2) is 4.79 Å². The Balaban J connectivity index is 3.21. The zero-order valence-corrected chi connectivity index (χ0v) is 7.97. The zero-order chi connectivity index (χ0) is 11.4. The van der Waals surface area contributed by atoms with E-state index >= 15 is 0 Å². The van der Waals surface area contributed by atoms with E-state index in [0.717, 1.165) is 0 Å². The van der Waals surface area contributed by atoms with Crippen LogP contribution in [0.4, 0.5) is 5.69 Å². The van der Waals surface area contributed by atoms with Gasteiger partial charge < -0.3 is 9.84 Å². The summed E-state index contributed by atoms with van der Waals surface area (Å²) in [5.74, 6) is -1.31. The van der Waals surface area contributed by atoms with Gasteiger partial charge in [-0.1, -0.05) is 6.07 Å². The Morgan fingerprint density at radius 3 is 2.73 bits per heavy atom. The maximum atomic E-state index is 10.7. The summed E-state index contributed by atoms with van der Waals surface area (Å²) < 4.78 is 4.79. The third kappa shape index (κ3) is 2.50. The van der Waals surface area contributed by atoms with E-state index in [1.807, 2.05) is 0 Å². The van der Waals surface area contributed by atoms with Gasteiger partial charge in [0.2, 0.25) is 0 Å². The molecule has 6 heteroatoms. The molecule has 0 aliphatic carbocycles. The van der Waals surface area contributed by atoms with Crippen molar-refractivity contribution in [3.05, 3.63) is 39.4 Å². The molecule has 0 unspecified atom stereocenters. The van der Waals surface area contributed by atoms with Crippen LogP contribution in [0.5, 0.6) is 0 Å². The molecule has 1 aromatic carbocycles. The first-order valence-corrected chi connectivity index (χ1v) is 4.05. The fourth-order valence-corrected chi connectivity index (χ4v) is 1.17. The number of ether oxygens (including phenoxy) is 1. The lowest BCUT2D eigenvalue weighted by Crippen LogP contribution is -2.03. The van der Waals surface area contributed by atoms with Crippen LogP contribution in [0.1, 0.15) is 15.9 Å². The molecule has 1 N–H and O–H groups in total. The number of hydrogen-bond acceptors (Lipinski definition) is 4. The van der Waals surface area contributed by atoms with Crippen molar-refractivity contribution in [1.29, 1.82) is 0 Å². The zero-order valence-electron chi connectivity index (χ0n) is 7.97. The van der Waals surface area contributed by atoms with Crippen LogP contribution in [0.2, 0.25) is 0 Å². The summed E-state index contributed by atoms with van der Waals surface area (Å²) in [7, 11) is 1.46. The van der Waals surface area contributed by atoms with E-state index < -0.39 is 16.6 Å². The fourth-order valence-electron chi connectivity index (χ4n) is 1.17. The van der Waals surface area contributed by atoms with Crippen LogP contribution in [0.15, 0.2) is 18.2 Å². The Hall–Kier alpha value is -1.95. The molecule has 80 valence electrons. The molecular weight excluding hydrogens is 202 g/mol. The van der Waals surface area contributed by atoms with Crippen LogP contribution < -0.4 is 0 Å². The first-order valence-electron chi connectivity index (χ1n) is 4.05. The average Bonchev–Trinajstić information content (AvgIpc) is 2.17. The average molecular weight is 211 g/mol. The van der Waals surface area contributed by atoms with Crippen LogP contribution in [0.25, 0.3) is 0 Å². The minimum atomic E-state index is -1.31. The van der Waals surface area contributed by atoms with Crippen molar-refractivity contribution in [2.24, 2.45) is 0 Å². The van der Waals surface area contributed by atoms with Gasteiger partial charge in [-0.2, -0.15) is 0 Å². The van der Waals surface area contributed by atoms with Gasteiger partial charge in [0.15, 0.2) is 0 Å². The van der Waals surface area contributed by atoms with Gasteiger partial charge in [0, 0.05) is 13.2 Å². The van der Waals surface area contributed by atoms with Gasteiger partial charge in [-0.3, -0.25) is 10.1 Å². The normalized spacial score (nSPS) is 9.93. The smallest absolute Gasteiger partial charge is 0.342 e. The van der Waals surface area contributed by atoms with Gasteiger partial charge in [0.25, 0.3) is 5.69 Å². The van der Waals surface area contributed by atoms with Crippen LogP contribution >= 0.6 is 0 Å². The Labute approximate surface area is 85.2 Å². The number of methoxy groups -OCH3 is 1. The molecular formula is C9H9NO5. The second kappa shape index (κ2) is 4.52. The molecule has 0 radical (unpaired) electrons. The first-order chi connectivity index (χ1) is 7.06. The number of carbonyl (C=O) groups is 1. The van der Waals surface area contributed by atoms with E-state index in [0.29, 0.717) is 5.56 Å². The second-order valence-corrected chi connectivity index (χ2v) is 2.85. The van der Waals surface area contributed by atoms with E-state index in [1.165, 1.54) is 25.3 Å². The maximum Gasteiger partial charge on any atom is 0.342 e. The summed E-state index contributed by atoms with van der Waals surface area (Å²) in [6.07, 6.45) is 0. The molecule has 1 rings (SSSR count). The summed E-state index contributed by atoms with van der Waals surface area (Å²) in [5.41, 5.74) is -0.175. The largest absolute Gasteiger partial charge is 0.477 e. The number of rotatable bonds is 4.